The first-order valence-corrected chi connectivity index (χ1v) is 7.44. The molecule has 1 heterocycles. The van der Waals surface area contributed by atoms with Crippen LogP contribution in [-0.2, 0) is 11.9 Å². The van der Waals surface area contributed by atoms with Crippen LogP contribution in [0.4, 0.5) is 0 Å². The van der Waals surface area contributed by atoms with Gasteiger partial charge >= 0.3 is 0 Å². The van der Waals surface area contributed by atoms with Gasteiger partial charge in [0, 0.05) is 26.9 Å². The number of hydrogen-bond acceptors (Lipinski definition) is 3. The molecule has 0 unspecified atom stereocenters. The lowest BCUT2D eigenvalue weighted by molar-refractivity contribution is 0.303. The van der Waals surface area contributed by atoms with E-state index in [-0.39, 0.29) is 0 Å². The normalized spacial score (nSPS) is 10.4. The Morgan fingerprint density at radius 2 is 2.25 bits per heavy atom. The number of aromatic nitrogens is 1. The summed E-state index contributed by atoms with van der Waals surface area (Å²) in [5.74, 6) is 0.898. The van der Waals surface area contributed by atoms with E-state index in [1.54, 1.807) is 17.5 Å². The maximum atomic E-state index is 5.72. The van der Waals surface area contributed by atoms with Crippen LogP contribution in [0.3, 0.4) is 0 Å². The van der Waals surface area contributed by atoms with E-state index < -0.39 is 0 Å². The lowest BCUT2D eigenvalue weighted by Crippen LogP contribution is -1.97. The third-order valence-electron chi connectivity index (χ3n) is 2.00. The van der Waals surface area contributed by atoms with Crippen molar-refractivity contribution in [2.24, 2.45) is 0 Å². The van der Waals surface area contributed by atoms with Gasteiger partial charge in [-0.05, 0) is 18.2 Å². The topological polar surface area (TPSA) is 22.1 Å². The zero-order valence-corrected chi connectivity index (χ0v) is 12.3. The van der Waals surface area contributed by atoms with Gasteiger partial charge in [0.05, 0.1) is 0 Å². The molecule has 0 fully saturated rings. The molecule has 0 atom stereocenters. The number of halogens is 2. The van der Waals surface area contributed by atoms with Gasteiger partial charge in [-0.1, -0.05) is 31.9 Å². The van der Waals surface area contributed by atoms with Gasteiger partial charge in [0.1, 0.15) is 17.4 Å². The van der Waals surface area contributed by atoms with Crippen LogP contribution < -0.4 is 4.74 Å². The van der Waals surface area contributed by atoms with Crippen LogP contribution in [0.5, 0.6) is 5.75 Å². The van der Waals surface area contributed by atoms with Gasteiger partial charge in [0.25, 0.3) is 0 Å². The fraction of sp³-hybridized carbons (Fsp3) is 0.182. The molecule has 0 bridgehead atoms. The Balaban J connectivity index is 2.09. The summed E-state index contributed by atoms with van der Waals surface area (Å²) in [6.07, 6.45) is 1.79. The molecule has 84 valence electrons. The summed E-state index contributed by atoms with van der Waals surface area (Å²) in [4.78, 5) is 4.18. The molecule has 0 saturated heterocycles. The minimum absolute atomic E-state index is 0.527. The van der Waals surface area contributed by atoms with Crippen molar-refractivity contribution >= 4 is 43.2 Å². The van der Waals surface area contributed by atoms with Crippen molar-refractivity contribution in [3.8, 4) is 5.75 Å². The molecule has 0 aliphatic carbocycles. The molecule has 0 radical (unpaired) electrons. The largest absolute Gasteiger partial charge is 0.486 e. The summed E-state index contributed by atoms with van der Waals surface area (Å²) >= 11 is 8.49. The SMILES string of the molecule is BrCc1cc(Br)ccc1OCc1nccs1. The molecule has 2 nitrogen and oxygen atoms in total. The van der Waals surface area contributed by atoms with Gasteiger partial charge in [-0.25, -0.2) is 4.98 Å². The molecular formula is C11H9Br2NOS. The lowest BCUT2D eigenvalue weighted by Gasteiger charge is -2.08. The van der Waals surface area contributed by atoms with Crippen LogP contribution >= 0.6 is 43.2 Å². The fourth-order valence-corrected chi connectivity index (χ4v) is 2.63. The van der Waals surface area contributed by atoms with Gasteiger partial charge in [-0.15, -0.1) is 11.3 Å². The first kappa shape index (κ1) is 12.1. The van der Waals surface area contributed by atoms with Gasteiger partial charge in [0.15, 0.2) is 0 Å². The third kappa shape index (κ3) is 3.06. The van der Waals surface area contributed by atoms with Crippen LogP contribution in [0.25, 0.3) is 0 Å². The molecule has 0 aliphatic heterocycles. The number of nitrogens with zero attached hydrogens (tertiary/aromatic N) is 1. The maximum absolute atomic E-state index is 5.72. The Kier molecular flexibility index (Phi) is 4.37. The first-order valence-electron chi connectivity index (χ1n) is 4.65. The molecule has 0 aliphatic rings. The van der Waals surface area contributed by atoms with Crippen molar-refractivity contribution in [3.63, 3.8) is 0 Å². The number of ether oxygens (including phenoxy) is 1. The summed E-state index contributed by atoms with van der Waals surface area (Å²) in [6.45, 7) is 0.527. The van der Waals surface area contributed by atoms with E-state index in [0.717, 1.165) is 26.1 Å². The Bertz CT molecular complexity index is 459. The highest BCUT2D eigenvalue weighted by molar-refractivity contribution is 9.10. The Morgan fingerprint density at radius 1 is 1.38 bits per heavy atom. The van der Waals surface area contributed by atoms with Gasteiger partial charge < -0.3 is 4.74 Å². The van der Waals surface area contributed by atoms with E-state index in [4.69, 9.17) is 4.74 Å². The number of benzene rings is 1. The fourth-order valence-electron chi connectivity index (χ4n) is 1.26. The predicted octanol–water partition coefficient (Wildman–Crippen LogP) is 4.38. The second kappa shape index (κ2) is 5.80. The number of thiazole rings is 1. The van der Waals surface area contributed by atoms with Crippen molar-refractivity contribution in [2.75, 3.05) is 0 Å². The highest BCUT2D eigenvalue weighted by Crippen LogP contribution is 2.26. The molecule has 2 aromatic rings. The van der Waals surface area contributed by atoms with Crippen molar-refractivity contribution in [2.45, 2.75) is 11.9 Å². The molecular weight excluding hydrogens is 354 g/mol. The van der Waals surface area contributed by atoms with Gasteiger partial charge in [-0.3, -0.25) is 0 Å². The van der Waals surface area contributed by atoms with Crippen LogP contribution in [0.1, 0.15) is 10.6 Å². The van der Waals surface area contributed by atoms with Crippen molar-refractivity contribution in [3.05, 3.63) is 44.8 Å². The van der Waals surface area contributed by atoms with E-state index in [9.17, 15) is 0 Å². The average Bonchev–Trinajstić information content (AvgIpc) is 2.80. The standard InChI is InChI=1S/C11H9Br2NOS/c12-6-8-5-9(13)1-2-10(8)15-7-11-14-3-4-16-11/h1-5H,6-7H2. The van der Waals surface area contributed by atoms with E-state index >= 15 is 0 Å². The van der Waals surface area contributed by atoms with Gasteiger partial charge in [-0.2, -0.15) is 0 Å². The molecule has 16 heavy (non-hydrogen) atoms. The predicted molar refractivity (Wildman–Crippen MR) is 73.2 cm³/mol. The molecule has 0 spiro atoms. The van der Waals surface area contributed by atoms with Crippen LogP contribution in [0.2, 0.25) is 0 Å². The van der Waals surface area contributed by atoms with Crippen LogP contribution in [-0.4, -0.2) is 4.98 Å². The smallest absolute Gasteiger partial charge is 0.140 e. The highest BCUT2D eigenvalue weighted by Gasteiger charge is 2.04. The number of alkyl halides is 1. The van der Waals surface area contributed by atoms with Gasteiger partial charge in [0.2, 0.25) is 0 Å². The first-order chi connectivity index (χ1) is 7.79. The molecule has 1 aromatic carbocycles. The summed E-state index contributed by atoms with van der Waals surface area (Å²) in [5, 5.41) is 3.72. The molecule has 0 amide bonds. The maximum Gasteiger partial charge on any atom is 0.140 e. The quantitative estimate of drug-likeness (QED) is 0.753. The lowest BCUT2D eigenvalue weighted by atomic mass is 10.2. The molecule has 1 aromatic heterocycles. The van der Waals surface area contributed by atoms with Crippen molar-refractivity contribution in [1.29, 1.82) is 0 Å². The monoisotopic (exact) mass is 361 g/mol. The number of rotatable bonds is 4. The second-order valence-corrected chi connectivity index (χ2v) is 5.56. The third-order valence-corrected chi connectivity index (χ3v) is 3.85. The van der Waals surface area contributed by atoms with Crippen LogP contribution in [0, 0.1) is 0 Å². The van der Waals surface area contributed by atoms with E-state index in [0.29, 0.717) is 6.61 Å². The summed E-state index contributed by atoms with van der Waals surface area (Å²) in [5.41, 5.74) is 1.13. The van der Waals surface area contributed by atoms with Crippen molar-refractivity contribution < 1.29 is 4.74 Å². The zero-order valence-electron chi connectivity index (χ0n) is 8.32. The summed E-state index contributed by atoms with van der Waals surface area (Å²) < 4.78 is 6.78. The number of hydrogen-bond donors (Lipinski definition) is 0. The zero-order chi connectivity index (χ0) is 11.4. The van der Waals surface area contributed by atoms with Crippen molar-refractivity contribution in [1.82, 2.24) is 4.98 Å². The van der Waals surface area contributed by atoms with Crippen LogP contribution in [0.15, 0.2) is 34.2 Å². The Labute approximate surface area is 115 Å². The summed E-state index contributed by atoms with van der Waals surface area (Å²) in [7, 11) is 0. The minimum atomic E-state index is 0.527. The molecule has 0 saturated carbocycles. The highest BCUT2D eigenvalue weighted by atomic mass is 79.9. The Morgan fingerprint density at radius 3 is 2.94 bits per heavy atom. The molecule has 0 N–H and O–H groups in total. The molecule has 2 rings (SSSR count). The van der Waals surface area contributed by atoms with E-state index in [1.807, 2.05) is 23.6 Å². The van der Waals surface area contributed by atoms with E-state index in [1.165, 1.54) is 0 Å². The molecule has 5 heteroatoms. The average molecular weight is 363 g/mol. The van der Waals surface area contributed by atoms with E-state index in [2.05, 4.69) is 36.8 Å². The second-order valence-electron chi connectivity index (χ2n) is 3.10. The Hall–Kier alpha value is -0.390. The minimum Gasteiger partial charge on any atom is -0.486 e. The summed E-state index contributed by atoms with van der Waals surface area (Å²) in [6, 6.07) is 5.99.